The summed E-state index contributed by atoms with van der Waals surface area (Å²) >= 11 is 6.05. The molecule has 7 nitrogen and oxygen atoms in total. The molecule has 0 aliphatic rings. The number of carbonyl (C=O) groups excluding carboxylic acids is 2. The molecule has 0 unspecified atom stereocenters. The molecule has 1 amide bonds. The molecule has 0 atom stereocenters. The monoisotopic (exact) mass is 452 g/mol. The van der Waals surface area contributed by atoms with Crippen molar-refractivity contribution in [1.29, 1.82) is 0 Å². The topological polar surface area (TPSA) is 86.2 Å². The summed E-state index contributed by atoms with van der Waals surface area (Å²) in [6.07, 6.45) is 1.45. The van der Waals surface area contributed by atoms with E-state index in [0.29, 0.717) is 34.3 Å². The average Bonchev–Trinajstić information content (AvgIpc) is 2.80. The Morgan fingerprint density at radius 2 is 1.69 bits per heavy atom. The lowest BCUT2D eigenvalue weighted by molar-refractivity contribution is 0.0729. The molecule has 0 bridgehead atoms. The first-order valence-corrected chi connectivity index (χ1v) is 10.1. The molecule has 8 heteroatoms. The van der Waals surface area contributed by atoms with Crippen LogP contribution < -0.4 is 19.6 Å². The maximum atomic E-state index is 12.4. The SMILES string of the molecule is CCOc1ccccc1C(=O)N/N=C/c1ccc(OC(=O)c2ccccc2Cl)c(OC)c1. The van der Waals surface area contributed by atoms with Gasteiger partial charge in [-0.2, -0.15) is 5.10 Å². The van der Waals surface area contributed by atoms with Crippen LogP contribution in [0.15, 0.2) is 71.8 Å². The number of rotatable bonds is 8. The third kappa shape index (κ3) is 5.65. The van der Waals surface area contributed by atoms with Crippen molar-refractivity contribution >= 4 is 29.7 Å². The minimum atomic E-state index is -0.601. The summed E-state index contributed by atoms with van der Waals surface area (Å²) in [6, 6.07) is 18.4. The predicted molar refractivity (Wildman–Crippen MR) is 122 cm³/mol. The number of ether oxygens (including phenoxy) is 3. The average molecular weight is 453 g/mol. The van der Waals surface area contributed by atoms with Gasteiger partial charge in [0.1, 0.15) is 5.75 Å². The summed E-state index contributed by atoms with van der Waals surface area (Å²) in [6.45, 7) is 2.29. The molecular formula is C24H21ClN2O5. The van der Waals surface area contributed by atoms with Crippen molar-refractivity contribution < 1.29 is 23.8 Å². The first-order valence-electron chi connectivity index (χ1n) is 9.73. The van der Waals surface area contributed by atoms with Gasteiger partial charge in [0, 0.05) is 0 Å². The molecule has 0 aliphatic heterocycles. The first kappa shape index (κ1) is 22.8. The molecule has 0 spiro atoms. The van der Waals surface area contributed by atoms with E-state index >= 15 is 0 Å². The van der Waals surface area contributed by atoms with Crippen LogP contribution in [0.5, 0.6) is 17.2 Å². The van der Waals surface area contributed by atoms with E-state index in [-0.39, 0.29) is 11.3 Å². The normalized spacial score (nSPS) is 10.6. The zero-order valence-corrected chi connectivity index (χ0v) is 18.3. The summed E-state index contributed by atoms with van der Waals surface area (Å²) in [5, 5.41) is 4.28. The summed E-state index contributed by atoms with van der Waals surface area (Å²) in [7, 11) is 1.45. The molecule has 0 aromatic heterocycles. The third-order valence-corrected chi connectivity index (χ3v) is 4.62. The molecule has 0 aliphatic carbocycles. The van der Waals surface area contributed by atoms with E-state index in [9.17, 15) is 9.59 Å². The van der Waals surface area contributed by atoms with Gasteiger partial charge >= 0.3 is 5.97 Å². The number of methoxy groups -OCH3 is 1. The number of hydrogen-bond donors (Lipinski definition) is 1. The second-order valence-corrected chi connectivity index (χ2v) is 6.82. The molecular weight excluding hydrogens is 432 g/mol. The highest BCUT2D eigenvalue weighted by atomic mass is 35.5. The summed E-state index contributed by atoms with van der Waals surface area (Å²) in [5.41, 5.74) is 3.72. The van der Waals surface area contributed by atoms with Crippen LogP contribution in [0.3, 0.4) is 0 Å². The number of hydrazone groups is 1. The number of hydrogen-bond acceptors (Lipinski definition) is 6. The Kier molecular flexibility index (Phi) is 7.83. The van der Waals surface area contributed by atoms with Crippen LogP contribution in [0.1, 0.15) is 33.2 Å². The quantitative estimate of drug-likeness (QED) is 0.231. The highest BCUT2D eigenvalue weighted by molar-refractivity contribution is 6.33. The maximum Gasteiger partial charge on any atom is 0.345 e. The van der Waals surface area contributed by atoms with Crippen molar-refractivity contribution in [1.82, 2.24) is 5.43 Å². The number of halogens is 1. The van der Waals surface area contributed by atoms with Gasteiger partial charge in [-0.05, 0) is 55.0 Å². The van der Waals surface area contributed by atoms with Gasteiger partial charge in [-0.25, -0.2) is 10.2 Å². The van der Waals surface area contributed by atoms with Crippen LogP contribution >= 0.6 is 11.6 Å². The predicted octanol–water partition coefficient (Wildman–Crippen LogP) is 4.73. The van der Waals surface area contributed by atoms with Crippen molar-refractivity contribution in [3.8, 4) is 17.2 Å². The van der Waals surface area contributed by atoms with Crippen LogP contribution in [0.2, 0.25) is 5.02 Å². The molecule has 0 heterocycles. The van der Waals surface area contributed by atoms with E-state index in [1.165, 1.54) is 13.3 Å². The molecule has 164 valence electrons. The minimum absolute atomic E-state index is 0.226. The fraction of sp³-hybridized carbons (Fsp3) is 0.125. The number of nitrogens with one attached hydrogen (secondary N) is 1. The summed E-state index contributed by atoms with van der Waals surface area (Å²) in [4.78, 5) is 24.8. The number of benzene rings is 3. The molecule has 3 aromatic rings. The smallest absolute Gasteiger partial charge is 0.345 e. The lowest BCUT2D eigenvalue weighted by Crippen LogP contribution is -2.18. The van der Waals surface area contributed by atoms with E-state index in [1.54, 1.807) is 66.7 Å². The first-order chi connectivity index (χ1) is 15.5. The Labute approximate surface area is 190 Å². The lowest BCUT2D eigenvalue weighted by Gasteiger charge is -2.10. The van der Waals surface area contributed by atoms with Gasteiger partial charge < -0.3 is 14.2 Å². The fourth-order valence-electron chi connectivity index (χ4n) is 2.79. The Morgan fingerprint density at radius 1 is 0.969 bits per heavy atom. The van der Waals surface area contributed by atoms with E-state index < -0.39 is 11.9 Å². The summed E-state index contributed by atoms with van der Waals surface area (Å²) < 4.78 is 16.2. The highest BCUT2D eigenvalue weighted by Gasteiger charge is 2.15. The molecule has 3 rings (SSSR count). The molecule has 0 saturated heterocycles. The van der Waals surface area contributed by atoms with E-state index in [1.807, 2.05) is 6.92 Å². The Hall–Kier alpha value is -3.84. The van der Waals surface area contributed by atoms with Crippen LogP contribution in [0.4, 0.5) is 0 Å². The van der Waals surface area contributed by atoms with Crippen molar-refractivity contribution in [2.24, 2.45) is 5.10 Å². The summed E-state index contributed by atoms with van der Waals surface area (Å²) in [5.74, 6) is 0.0266. The Bertz CT molecular complexity index is 1150. The second-order valence-electron chi connectivity index (χ2n) is 6.41. The van der Waals surface area contributed by atoms with Gasteiger partial charge in [0.25, 0.3) is 5.91 Å². The van der Waals surface area contributed by atoms with Gasteiger partial charge in [0.15, 0.2) is 11.5 Å². The standard InChI is InChI=1S/C24H21ClN2O5/c1-3-31-20-11-7-5-9-18(20)23(28)27-26-15-16-12-13-21(22(14-16)30-2)32-24(29)17-8-4-6-10-19(17)25/h4-15H,3H2,1-2H3,(H,27,28)/b26-15+. The van der Waals surface area contributed by atoms with E-state index in [0.717, 1.165) is 0 Å². The maximum absolute atomic E-state index is 12.4. The van der Waals surface area contributed by atoms with E-state index in [2.05, 4.69) is 10.5 Å². The van der Waals surface area contributed by atoms with Crippen molar-refractivity contribution in [3.05, 3.63) is 88.4 Å². The number of nitrogens with zero attached hydrogens (tertiary/aromatic N) is 1. The minimum Gasteiger partial charge on any atom is -0.493 e. The number of para-hydroxylation sites is 1. The largest absolute Gasteiger partial charge is 0.493 e. The van der Waals surface area contributed by atoms with Crippen molar-refractivity contribution in [2.45, 2.75) is 6.92 Å². The highest BCUT2D eigenvalue weighted by Crippen LogP contribution is 2.29. The van der Waals surface area contributed by atoms with Gasteiger partial charge in [0.2, 0.25) is 0 Å². The van der Waals surface area contributed by atoms with Crippen LogP contribution in [0, 0.1) is 0 Å². The zero-order chi connectivity index (χ0) is 22.9. The fourth-order valence-corrected chi connectivity index (χ4v) is 3.00. The van der Waals surface area contributed by atoms with Crippen LogP contribution in [-0.4, -0.2) is 31.8 Å². The van der Waals surface area contributed by atoms with Gasteiger partial charge in [-0.1, -0.05) is 35.9 Å². The molecule has 0 radical (unpaired) electrons. The van der Waals surface area contributed by atoms with Gasteiger partial charge in [-0.15, -0.1) is 0 Å². The Morgan fingerprint density at radius 3 is 2.41 bits per heavy atom. The molecule has 1 N–H and O–H groups in total. The zero-order valence-electron chi connectivity index (χ0n) is 17.5. The molecule has 3 aromatic carbocycles. The number of esters is 1. The molecule has 0 fully saturated rings. The van der Waals surface area contributed by atoms with Crippen LogP contribution in [0.25, 0.3) is 0 Å². The van der Waals surface area contributed by atoms with Crippen molar-refractivity contribution in [3.63, 3.8) is 0 Å². The van der Waals surface area contributed by atoms with Gasteiger partial charge in [-0.3, -0.25) is 4.79 Å². The van der Waals surface area contributed by atoms with Gasteiger partial charge in [0.05, 0.1) is 36.1 Å². The number of amides is 1. The Balaban J connectivity index is 1.69. The van der Waals surface area contributed by atoms with Crippen LogP contribution in [-0.2, 0) is 0 Å². The number of carbonyl (C=O) groups is 2. The lowest BCUT2D eigenvalue weighted by atomic mass is 10.2. The third-order valence-electron chi connectivity index (χ3n) is 4.30. The molecule has 32 heavy (non-hydrogen) atoms. The second kappa shape index (κ2) is 11.0. The molecule has 0 saturated carbocycles. The van der Waals surface area contributed by atoms with E-state index in [4.69, 9.17) is 25.8 Å². The van der Waals surface area contributed by atoms with Crippen molar-refractivity contribution in [2.75, 3.05) is 13.7 Å².